The van der Waals surface area contributed by atoms with Crippen molar-refractivity contribution in [2.45, 2.75) is 20.4 Å². The Morgan fingerprint density at radius 3 is 2.65 bits per heavy atom. The van der Waals surface area contributed by atoms with Crippen LogP contribution in [0.1, 0.15) is 27.0 Å². The van der Waals surface area contributed by atoms with E-state index in [4.69, 9.17) is 5.11 Å². The highest BCUT2D eigenvalue weighted by Gasteiger charge is 2.09. The SMILES string of the molecule is Cc1ccc(CNc2cccc(C(=O)O)c2C)cc1F. The molecule has 0 spiro atoms. The Balaban J connectivity index is 2.17. The summed E-state index contributed by atoms with van der Waals surface area (Å²) in [5, 5.41) is 12.2. The first kappa shape index (κ1) is 14.1. The Morgan fingerprint density at radius 1 is 1.25 bits per heavy atom. The van der Waals surface area contributed by atoms with Crippen LogP contribution in [-0.4, -0.2) is 11.1 Å². The van der Waals surface area contributed by atoms with Crippen LogP contribution in [0, 0.1) is 19.7 Å². The van der Waals surface area contributed by atoms with Gasteiger partial charge in [-0.1, -0.05) is 18.2 Å². The van der Waals surface area contributed by atoms with E-state index in [1.165, 1.54) is 6.07 Å². The first-order chi connectivity index (χ1) is 9.49. The number of anilines is 1. The second-order valence-corrected chi connectivity index (χ2v) is 4.72. The number of hydrogen-bond donors (Lipinski definition) is 2. The van der Waals surface area contributed by atoms with E-state index < -0.39 is 5.97 Å². The van der Waals surface area contributed by atoms with Crippen molar-refractivity contribution in [3.63, 3.8) is 0 Å². The molecule has 2 N–H and O–H groups in total. The molecule has 0 aliphatic carbocycles. The van der Waals surface area contributed by atoms with Crippen LogP contribution in [0.15, 0.2) is 36.4 Å². The van der Waals surface area contributed by atoms with Crippen LogP contribution in [0.3, 0.4) is 0 Å². The highest BCUT2D eigenvalue weighted by molar-refractivity contribution is 5.91. The standard InChI is InChI=1S/C16H16FNO2/c1-10-6-7-12(8-14(10)17)9-18-15-5-3-4-13(11(15)2)16(19)20/h3-8,18H,9H2,1-2H3,(H,19,20). The summed E-state index contributed by atoms with van der Waals surface area (Å²) in [6, 6.07) is 10.1. The summed E-state index contributed by atoms with van der Waals surface area (Å²) in [5.74, 6) is -1.19. The number of aryl methyl sites for hydroxylation is 1. The number of carbonyl (C=O) groups is 1. The van der Waals surface area contributed by atoms with Gasteiger partial charge in [-0.15, -0.1) is 0 Å². The number of carboxylic acids is 1. The smallest absolute Gasteiger partial charge is 0.336 e. The van der Waals surface area contributed by atoms with Crippen molar-refractivity contribution in [2.75, 3.05) is 5.32 Å². The maximum absolute atomic E-state index is 13.4. The van der Waals surface area contributed by atoms with Crippen LogP contribution in [0.4, 0.5) is 10.1 Å². The maximum Gasteiger partial charge on any atom is 0.336 e. The van der Waals surface area contributed by atoms with Gasteiger partial charge in [0.05, 0.1) is 5.56 Å². The molecule has 0 atom stereocenters. The van der Waals surface area contributed by atoms with Gasteiger partial charge < -0.3 is 10.4 Å². The summed E-state index contributed by atoms with van der Waals surface area (Å²) in [5.41, 5.74) is 3.11. The van der Waals surface area contributed by atoms with Gasteiger partial charge in [-0.25, -0.2) is 9.18 Å². The van der Waals surface area contributed by atoms with E-state index in [1.807, 2.05) is 12.1 Å². The predicted molar refractivity (Wildman–Crippen MR) is 76.6 cm³/mol. The molecule has 104 valence electrons. The minimum absolute atomic E-state index is 0.236. The van der Waals surface area contributed by atoms with Crippen molar-refractivity contribution in [3.05, 3.63) is 64.5 Å². The fourth-order valence-electron chi connectivity index (χ4n) is 2.00. The molecular formula is C16H16FNO2. The number of aromatic carboxylic acids is 1. The lowest BCUT2D eigenvalue weighted by Crippen LogP contribution is -2.06. The molecule has 0 aromatic heterocycles. The van der Waals surface area contributed by atoms with Gasteiger partial charge in [0, 0.05) is 12.2 Å². The van der Waals surface area contributed by atoms with Crippen molar-refractivity contribution >= 4 is 11.7 Å². The van der Waals surface area contributed by atoms with Crippen molar-refractivity contribution < 1.29 is 14.3 Å². The predicted octanol–water partition coefficient (Wildman–Crippen LogP) is 3.75. The molecular weight excluding hydrogens is 257 g/mol. The number of carboxylic acid groups (broad SMARTS) is 1. The van der Waals surface area contributed by atoms with Crippen molar-refractivity contribution in [2.24, 2.45) is 0 Å². The van der Waals surface area contributed by atoms with Gasteiger partial charge in [0.25, 0.3) is 0 Å². The normalized spacial score (nSPS) is 10.3. The van der Waals surface area contributed by atoms with E-state index in [1.54, 1.807) is 32.0 Å². The molecule has 0 fully saturated rings. The summed E-state index contributed by atoms with van der Waals surface area (Å²) in [4.78, 5) is 11.1. The molecule has 2 aromatic rings. The zero-order valence-corrected chi connectivity index (χ0v) is 11.4. The fourth-order valence-corrected chi connectivity index (χ4v) is 2.00. The van der Waals surface area contributed by atoms with Gasteiger partial charge in [-0.05, 0) is 48.7 Å². The number of nitrogens with one attached hydrogen (secondary N) is 1. The van der Waals surface area contributed by atoms with E-state index >= 15 is 0 Å². The topological polar surface area (TPSA) is 49.3 Å². The molecule has 2 rings (SSSR count). The Labute approximate surface area is 117 Å². The second-order valence-electron chi connectivity index (χ2n) is 4.72. The quantitative estimate of drug-likeness (QED) is 0.891. The van der Waals surface area contributed by atoms with E-state index in [2.05, 4.69) is 5.32 Å². The Kier molecular flexibility index (Phi) is 4.03. The van der Waals surface area contributed by atoms with Crippen LogP contribution in [0.5, 0.6) is 0 Å². The lowest BCUT2D eigenvalue weighted by molar-refractivity contribution is 0.0696. The molecule has 3 nitrogen and oxygen atoms in total. The Morgan fingerprint density at radius 2 is 2.00 bits per heavy atom. The van der Waals surface area contributed by atoms with Crippen LogP contribution in [0.25, 0.3) is 0 Å². The summed E-state index contributed by atoms with van der Waals surface area (Å²) >= 11 is 0. The highest BCUT2D eigenvalue weighted by atomic mass is 19.1. The molecule has 0 unspecified atom stereocenters. The minimum atomic E-state index is -0.951. The highest BCUT2D eigenvalue weighted by Crippen LogP contribution is 2.20. The largest absolute Gasteiger partial charge is 0.478 e. The summed E-state index contributed by atoms with van der Waals surface area (Å²) in [6.07, 6.45) is 0. The van der Waals surface area contributed by atoms with E-state index in [-0.39, 0.29) is 11.4 Å². The molecule has 0 bridgehead atoms. The lowest BCUT2D eigenvalue weighted by atomic mass is 10.1. The third-order valence-corrected chi connectivity index (χ3v) is 3.28. The molecule has 0 aliphatic heterocycles. The molecule has 0 saturated carbocycles. The van der Waals surface area contributed by atoms with Gasteiger partial charge in [0.2, 0.25) is 0 Å². The molecule has 0 heterocycles. The summed E-state index contributed by atoms with van der Waals surface area (Å²) in [7, 11) is 0. The molecule has 4 heteroatoms. The molecule has 0 aliphatic rings. The summed E-state index contributed by atoms with van der Waals surface area (Å²) in [6.45, 7) is 3.91. The fraction of sp³-hybridized carbons (Fsp3) is 0.188. The van der Waals surface area contributed by atoms with Crippen molar-refractivity contribution in [1.29, 1.82) is 0 Å². The lowest BCUT2D eigenvalue weighted by Gasteiger charge is -2.12. The molecule has 0 amide bonds. The third-order valence-electron chi connectivity index (χ3n) is 3.28. The molecule has 0 radical (unpaired) electrons. The van der Waals surface area contributed by atoms with Gasteiger partial charge >= 0.3 is 5.97 Å². The van der Waals surface area contributed by atoms with Gasteiger partial charge in [-0.2, -0.15) is 0 Å². The average Bonchev–Trinajstić information content (AvgIpc) is 2.41. The van der Waals surface area contributed by atoms with Crippen molar-refractivity contribution in [3.8, 4) is 0 Å². The zero-order valence-electron chi connectivity index (χ0n) is 11.4. The van der Waals surface area contributed by atoms with Gasteiger partial charge in [0.1, 0.15) is 5.82 Å². The first-order valence-electron chi connectivity index (χ1n) is 6.31. The minimum Gasteiger partial charge on any atom is -0.478 e. The number of rotatable bonds is 4. The molecule has 2 aromatic carbocycles. The van der Waals surface area contributed by atoms with Crippen LogP contribution in [0.2, 0.25) is 0 Å². The van der Waals surface area contributed by atoms with Gasteiger partial charge in [-0.3, -0.25) is 0 Å². The van der Waals surface area contributed by atoms with E-state index in [9.17, 15) is 9.18 Å². The third kappa shape index (κ3) is 2.96. The van der Waals surface area contributed by atoms with E-state index in [0.29, 0.717) is 17.7 Å². The van der Waals surface area contributed by atoms with Gasteiger partial charge in [0.15, 0.2) is 0 Å². The average molecular weight is 273 g/mol. The molecule has 20 heavy (non-hydrogen) atoms. The van der Waals surface area contributed by atoms with Crippen LogP contribution >= 0.6 is 0 Å². The summed E-state index contributed by atoms with van der Waals surface area (Å²) < 4.78 is 13.4. The number of hydrogen-bond acceptors (Lipinski definition) is 2. The Hall–Kier alpha value is -2.36. The first-order valence-corrected chi connectivity index (χ1v) is 6.31. The van der Waals surface area contributed by atoms with E-state index in [0.717, 1.165) is 11.3 Å². The molecule has 0 saturated heterocycles. The maximum atomic E-state index is 13.4. The number of halogens is 1. The zero-order chi connectivity index (χ0) is 14.7. The Bertz CT molecular complexity index is 653. The number of benzene rings is 2. The van der Waals surface area contributed by atoms with Crippen molar-refractivity contribution in [1.82, 2.24) is 0 Å². The monoisotopic (exact) mass is 273 g/mol. The second kappa shape index (κ2) is 5.74. The van der Waals surface area contributed by atoms with Crippen LogP contribution < -0.4 is 5.32 Å². The van der Waals surface area contributed by atoms with Crippen LogP contribution in [-0.2, 0) is 6.54 Å².